The molecule has 0 radical (unpaired) electrons. The molecule has 1 amide bonds. The number of amidine groups is 1. The zero-order valence-corrected chi connectivity index (χ0v) is 20.0. The van der Waals surface area contributed by atoms with Crippen molar-refractivity contribution < 1.29 is 9.21 Å². The van der Waals surface area contributed by atoms with Gasteiger partial charge in [-0.15, -0.1) is 0 Å². The summed E-state index contributed by atoms with van der Waals surface area (Å²) in [5, 5.41) is 1.32. The average molecular weight is 485 g/mol. The molecule has 0 saturated carbocycles. The Morgan fingerprint density at radius 3 is 2.41 bits per heavy atom. The molecule has 0 N–H and O–H groups in total. The van der Waals surface area contributed by atoms with E-state index in [0.29, 0.717) is 33.2 Å². The van der Waals surface area contributed by atoms with Crippen LogP contribution in [0.4, 0.5) is 5.69 Å². The Hall–Kier alpha value is -3.54. The molecule has 0 spiro atoms. The van der Waals surface area contributed by atoms with Gasteiger partial charge in [-0.2, -0.15) is 0 Å². The van der Waals surface area contributed by atoms with Crippen LogP contribution in [0.3, 0.4) is 0 Å². The smallest absolute Gasteiger partial charge is 0.267 e. The van der Waals surface area contributed by atoms with Crippen LogP contribution in [0.25, 0.3) is 17.4 Å². The third-order valence-electron chi connectivity index (χ3n) is 5.36. The van der Waals surface area contributed by atoms with Gasteiger partial charge in [0.1, 0.15) is 11.5 Å². The van der Waals surface area contributed by atoms with E-state index in [9.17, 15) is 4.79 Å². The van der Waals surface area contributed by atoms with Crippen molar-refractivity contribution in [2.45, 2.75) is 13.5 Å². The second-order valence-corrected chi connectivity index (χ2v) is 9.37. The molecule has 2 heterocycles. The molecule has 0 aliphatic carbocycles. The molecule has 5 rings (SSSR count). The number of benzene rings is 3. The van der Waals surface area contributed by atoms with Gasteiger partial charge in [0.15, 0.2) is 5.17 Å². The van der Waals surface area contributed by atoms with Crippen LogP contribution in [0.5, 0.6) is 0 Å². The van der Waals surface area contributed by atoms with Crippen LogP contribution in [0.2, 0.25) is 5.02 Å². The number of amides is 1. The highest BCUT2D eigenvalue weighted by Gasteiger charge is 2.33. The summed E-state index contributed by atoms with van der Waals surface area (Å²) < 4.78 is 6.00. The second kappa shape index (κ2) is 9.75. The Morgan fingerprint density at radius 1 is 0.941 bits per heavy atom. The van der Waals surface area contributed by atoms with Crippen molar-refractivity contribution in [3.8, 4) is 11.3 Å². The van der Waals surface area contributed by atoms with E-state index < -0.39 is 0 Å². The fourth-order valence-corrected chi connectivity index (χ4v) is 4.66. The second-order valence-electron chi connectivity index (χ2n) is 7.93. The SMILES string of the molecule is Cc1ccc(N=C2S/C(=C/c3ccc(-c4ccc(Cl)cc4)o3)C(=O)N2Cc2ccccc2)cc1. The van der Waals surface area contributed by atoms with Crippen LogP contribution in [0.15, 0.2) is 105 Å². The summed E-state index contributed by atoms with van der Waals surface area (Å²) in [5.74, 6) is 1.23. The molecule has 1 aliphatic heterocycles. The monoisotopic (exact) mass is 484 g/mol. The Morgan fingerprint density at radius 2 is 1.68 bits per heavy atom. The number of thioether (sulfide) groups is 1. The molecule has 0 bridgehead atoms. The van der Waals surface area contributed by atoms with Crippen LogP contribution in [0, 0.1) is 6.92 Å². The topological polar surface area (TPSA) is 45.8 Å². The van der Waals surface area contributed by atoms with E-state index in [0.717, 1.165) is 22.4 Å². The standard InChI is InChI=1S/C28H21ClN2O2S/c1-19-7-13-23(14-8-19)30-28-31(18-20-5-3-2-4-6-20)27(32)26(34-28)17-24-15-16-25(33-24)21-9-11-22(29)12-10-21/h2-17H,18H2,1H3/b26-17+,30-28?. The minimum atomic E-state index is -0.0934. The predicted octanol–water partition coefficient (Wildman–Crippen LogP) is 7.71. The number of halogens is 1. The molecule has 1 saturated heterocycles. The van der Waals surface area contributed by atoms with E-state index in [4.69, 9.17) is 21.0 Å². The zero-order valence-electron chi connectivity index (χ0n) is 18.4. The first-order chi connectivity index (χ1) is 16.5. The van der Waals surface area contributed by atoms with Crippen molar-refractivity contribution >= 4 is 46.2 Å². The van der Waals surface area contributed by atoms with E-state index >= 15 is 0 Å². The third-order valence-corrected chi connectivity index (χ3v) is 6.62. The van der Waals surface area contributed by atoms with Gasteiger partial charge in [-0.25, -0.2) is 4.99 Å². The zero-order chi connectivity index (χ0) is 23.5. The lowest BCUT2D eigenvalue weighted by Gasteiger charge is -2.15. The molecular formula is C28H21ClN2O2S. The van der Waals surface area contributed by atoms with Crippen molar-refractivity contribution in [2.75, 3.05) is 0 Å². The van der Waals surface area contributed by atoms with Crippen molar-refractivity contribution in [3.05, 3.63) is 118 Å². The molecular weight excluding hydrogens is 464 g/mol. The number of hydrogen-bond acceptors (Lipinski definition) is 4. The highest BCUT2D eigenvalue weighted by molar-refractivity contribution is 8.18. The van der Waals surface area contributed by atoms with Gasteiger partial charge in [0.25, 0.3) is 5.91 Å². The van der Waals surface area contributed by atoms with E-state index in [2.05, 4.69) is 0 Å². The van der Waals surface area contributed by atoms with Gasteiger partial charge >= 0.3 is 0 Å². The number of carbonyl (C=O) groups excluding carboxylic acids is 1. The lowest BCUT2D eigenvalue weighted by molar-refractivity contribution is -0.122. The molecule has 4 aromatic rings. The number of carbonyl (C=O) groups is 1. The summed E-state index contributed by atoms with van der Waals surface area (Å²) in [6, 6.07) is 29.1. The lowest BCUT2D eigenvalue weighted by atomic mass is 10.2. The van der Waals surface area contributed by atoms with Gasteiger partial charge < -0.3 is 4.42 Å². The van der Waals surface area contributed by atoms with E-state index in [-0.39, 0.29) is 5.91 Å². The van der Waals surface area contributed by atoms with Gasteiger partial charge in [-0.3, -0.25) is 9.69 Å². The summed E-state index contributed by atoms with van der Waals surface area (Å²) in [6.45, 7) is 2.48. The van der Waals surface area contributed by atoms with Crippen molar-refractivity contribution in [3.63, 3.8) is 0 Å². The molecule has 168 valence electrons. The normalized spacial score (nSPS) is 16.1. The number of hydrogen-bond donors (Lipinski definition) is 0. The maximum Gasteiger partial charge on any atom is 0.267 e. The van der Waals surface area contributed by atoms with Crippen molar-refractivity contribution in [2.24, 2.45) is 4.99 Å². The first-order valence-corrected chi connectivity index (χ1v) is 12.0. The fraction of sp³-hybridized carbons (Fsp3) is 0.0714. The third kappa shape index (κ3) is 5.01. The van der Waals surface area contributed by atoms with E-state index in [1.807, 2.05) is 97.9 Å². The van der Waals surface area contributed by atoms with Crippen LogP contribution >= 0.6 is 23.4 Å². The maximum atomic E-state index is 13.4. The molecule has 1 fully saturated rings. The summed E-state index contributed by atoms with van der Waals surface area (Å²) >= 11 is 7.35. The highest BCUT2D eigenvalue weighted by atomic mass is 35.5. The molecule has 1 aliphatic rings. The Bertz CT molecular complexity index is 1370. The van der Waals surface area contributed by atoms with Crippen LogP contribution < -0.4 is 0 Å². The summed E-state index contributed by atoms with van der Waals surface area (Å²) in [7, 11) is 0. The van der Waals surface area contributed by atoms with Gasteiger partial charge in [0.2, 0.25) is 0 Å². The average Bonchev–Trinajstić information content (AvgIpc) is 3.42. The van der Waals surface area contributed by atoms with E-state index in [1.165, 1.54) is 11.8 Å². The largest absolute Gasteiger partial charge is 0.457 e. The quantitative estimate of drug-likeness (QED) is 0.272. The van der Waals surface area contributed by atoms with Gasteiger partial charge in [-0.05, 0) is 72.8 Å². The number of rotatable bonds is 5. The van der Waals surface area contributed by atoms with Crippen LogP contribution in [0.1, 0.15) is 16.9 Å². The number of furan rings is 1. The molecule has 0 unspecified atom stereocenters. The van der Waals surface area contributed by atoms with Gasteiger partial charge in [0, 0.05) is 16.7 Å². The van der Waals surface area contributed by atoms with E-state index in [1.54, 1.807) is 11.0 Å². The van der Waals surface area contributed by atoms with Crippen LogP contribution in [-0.4, -0.2) is 16.0 Å². The lowest BCUT2D eigenvalue weighted by Crippen LogP contribution is -2.28. The summed E-state index contributed by atoms with van der Waals surface area (Å²) in [4.78, 5) is 20.4. The predicted molar refractivity (Wildman–Crippen MR) is 140 cm³/mol. The van der Waals surface area contributed by atoms with Gasteiger partial charge in [0.05, 0.1) is 17.1 Å². The Kier molecular flexibility index (Phi) is 6.39. The minimum Gasteiger partial charge on any atom is -0.457 e. The number of aryl methyl sites for hydroxylation is 1. The Labute approximate surface area is 207 Å². The summed E-state index contributed by atoms with van der Waals surface area (Å²) in [6.07, 6.45) is 1.78. The first-order valence-electron chi connectivity index (χ1n) is 10.8. The van der Waals surface area contributed by atoms with Crippen molar-refractivity contribution in [1.29, 1.82) is 0 Å². The molecule has 34 heavy (non-hydrogen) atoms. The van der Waals surface area contributed by atoms with Crippen LogP contribution in [-0.2, 0) is 11.3 Å². The summed E-state index contributed by atoms with van der Waals surface area (Å²) in [5.41, 5.74) is 3.93. The minimum absolute atomic E-state index is 0.0934. The van der Waals surface area contributed by atoms with Crippen molar-refractivity contribution in [1.82, 2.24) is 4.90 Å². The molecule has 1 aromatic heterocycles. The fourth-order valence-electron chi connectivity index (χ4n) is 3.56. The number of nitrogens with zero attached hydrogens (tertiary/aromatic N) is 2. The number of aliphatic imine (C=N–C) groups is 1. The molecule has 3 aromatic carbocycles. The van der Waals surface area contributed by atoms with Gasteiger partial charge in [-0.1, -0.05) is 59.6 Å². The first kappa shape index (κ1) is 22.3. The highest BCUT2D eigenvalue weighted by Crippen LogP contribution is 2.36. The molecule has 4 nitrogen and oxygen atoms in total. The molecule has 0 atom stereocenters. The maximum absolute atomic E-state index is 13.4. The molecule has 6 heteroatoms. The Balaban J connectivity index is 1.46.